The highest BCUT2D eigenvalue weighted by Crippen LogP contribution is 1.99. The average molecular weight is 349 g/mol. The van der Waals surface area contributed by atoms with E-state index in [0.717, 1.165) is 5.69 Å². The smallest absolute Gasteiger partial charge is 0.148 e. The molecule has 0 aromatic carbocycles. The van der Waals surface area contributed by atoms with Crippen molar-refractivity contribution in [3.8, 4) is 0 Å². The number of hydrogen-bond donors (Lipinski definition) is 1. The van der Waals surface area contributed by atoms with Crippen molar-refractivity contribution in [2.45, 2.75) is 13.1 Å². The number of ether oxygens (including phenoxy) is 2. The third kappa shape index (κ3) is 10.3. The fourth-order valence-corrected chi connectivity index (χ4v) is 2.40. The van der Waals surface area contributed by atoms with Crippen molar-refractivity contribution in [3.63, 3.8) is 0 Å². The Hall–Kier alpha value is -1.07. The molecule has 10 heteroatoms. The van der Waals surface area contributed by atoms with Gasteiger partial charge in [0.05, 0.1) is 44.4 Å². The Morgan fingerprint density at radius 1 is 1.26 bits per heavy atom. The van der Waals surface area contributed by atoms with Crippen LogP contribution in [0.2, 0.25) is 0 Å². The van der Waals surface area contributed by atoms with E-state index in [-0.39, 0.29) is 5.75 Å². The van der Waals surface area contributed by atoms with Crippen molar-refractivity contribution in [2.75, 3.05) is 58.6 Å². The highest BCUT2D eigenvalue weighted by Gasteiger charge is 2.08. The Kier molecular flexibility index (Phi) is 9.26. The molecular weight excluding hydrogens is 322 g/mol. The fraction of sp³-hybridized carbons (Fsp3) is 0.846. The van der Waals surface area contributed by atoms with Gasteiger partial charge in [0.1, 0.15) is 9.84 Å². The van der Waals surface area contributed by atoms with E-state index in [0.29, 0.717) is 52.6 Å². The normalized spacial score (nSPS) is 12.2. The Balaban J connectivity index is 2.19. The van der Waals surface area contributed by atoms with E-state index < -0.39 is 9.84 Å². The summed E-state index contributed by atoms with van der Waals surface area (Å²) in [4.78, 5) is 1.90. The standard InChI is InChI=1S/C13H27N5O4S/c1-17(5-10-23(2,19)20)11-13-12-18(16-15-13)4-7-22-9-8-21-6-3-14/h12H,3-11,14H2,1-2H3. The van der Waals surface area contributed by atoms with Crippen LogP contribution in [0.1, 0.15) is 5.69 Å². The van der Waals surface area contributed by atoms with Gasteiger partial charge in [0.25, 0.3) is 0 Å². The van der Waals surface area contributed by atoms with Crippen LogP contribution in [0, 0.1) is 0 Å². The van der Waals surface area contributed by atoms with Crippen LogP contribution in [0.3, 0.4) is 0 Å². The molecule has 0 atom stereocenters. The summed E-state index contributed by atoms with van der Waals surface area (Å²) >= 11 is 0. The van der Waals surface area contributed by atoms with Gasteiger partial charge in [-0.1, -0.05) is 5.21 Å². The zero-order chi connectivity index (χ0) is 17.1. The van der Waals surface area contributed by atoms with E-state index in [4.69, 9.17) is 15.2 Å². The Morgan fingerprint density at radius 3 is 2.61 bits per heavy atom. The molecule has 0 saturated carbocycles. The third-order valence-corrected chi connectivity index (χ3v) is 3.88. The molecule has 1 aromatic rings. The minimum Gasteiger partial charge on any atom is -0.378 e. The van der Waals surface area contributed by atoms with E-state index in [1.807, 2.05) is 18.1 Å². The molecule has 0 aliphatic carbocycles. The lowest BCUT2D eigenvalue weighted by molar-refractivity contribution is 0.0466. The van der Waals surface area contributed by atoms with E-state index in [1.165, 1.54) is 6.26 Å². The summed E-state index contributed by atoms with van der Waals surface area (Å²) < 4.78 is 34.6. The van der Waals surface area contributed by atoms with E-state index in [9.17, 15) is 8.42 Å². The van der Waals surface area contributed by atoms with Crippen molar-refractivity contribution >= 4 is 9.84 Å². The summed E-state index contributed by atoms with van der Waals surface area (Å²) in [5.74, 6) is 0.137. The molecule has 0 amide bonds. The lowest BCUT2D eigenvalue weighted by Gasteiger charge is -2.13. The molecule has 1 rings (SSSR count). The van der Waals surface area contributed by atoms with Crippen LogP contribution >= 0.6 is 0 Å². The number of aromatic nitrogens is 3. The van der Waals surface area contributed by atoms with Crippen LogP contribution in [-0.2, 0) is 32.4 Å². The molecular formula is C13H27N5O4S. The molecule has 0 radical (unpaired) electrons. The molecule has 0 saturated heterocycles. The second kappa shape index (κ2) is 10.7. The fourth-order valence-electron chi connectivity index (χ4n) is 1.76. The topological polar surface area (TPSA) is 113 Å². The molecule has 0 aliphatic rings. The van der Waals surface area contributed by atoms with Crippen molar-refractivity contribution in [1.29, 1.82) is 0 Å². The maximum atomic E-state index is 11.1. The molecule has 0 fully saturated rings. The first-order chi connectivity index (χ1) is 10.9. The van der Waals surface area contributed by atoms with E-state index >= 15 is 0 Å². The zero-order valence-corrected chi connectivity index (χ0v) is 14.7. The maximum absolute atomic E-state index is 11.1. The Morgan fingerprint density at radius 2 is 1.96 bits per heavy atom. The second-order valence-electron chi connectivity index (χ2n) is 5.35. The quantitative estimate of drug-likeness (QED) is 0.439. The molecule has 0 bridgehead atoms. The van der Waals surface area contributed by atoms with Gasteiger partial charge in [0, 0.05) is 32.1 Å². The molecule has 0 unspecified atom stereocenters. The van der Waals surface area contributed by atoms with Crippen molar-refractivity contribution < 1.29 is 17.9 Å². The van der Waals surface area contributed by atoms with Crippen molar-refractivity contribution in [3.05, 3.63) is 11.9 Å². The van der Waals surface area contributed by atoms with Crippen LogP contribution in [0.15, 0.2) is 6.20 Å². The molecule has 23 heavy (non-hydrogen) atoms. The molecule has 0 aliphatic heterocycles. The first-order valence-corrected chi connectivity index (χ1v) is 9.57. The molecule has 1 aromatic heterocycles. The Labute approximate surface area is 137 Å². The number of sulfone groups is 1. The SMILES string of the molecule is CN(CCS(C)(=O)=O)Cc1cn(CCOCCOCCN)nn1. The van der Waals surface area contributed by atoms with Crippen molar-refractivity contribution in [1.82, 2.24) is 19.9 Å². The lowest BCUT2D eigenvalue weighted by Crippen LogP contribution is -2.25. The predicted molar refractivity (Wildman–Crippen MR) is 86.8 cm³/mol. The van der Waals surface area contributed by atoms with Crippen LogP contribution < -0.4 is 5.73 Å². The number of hydrogen-bond acceptors (Lipinski definition) is 8. The average Bonchev–Trinajstić information content (AvgIpc) is 2.91. The van der Waals surface area contributed by atoms with Crippen LogP contribution in [0.5, 0.6) is 0 Å². The largest absolute Gasteiger partial charge is 0.378 e. The van der Waals surface area contributed by atoms with Gasteiger partial charge in [-0.25, -0.2) is 13.1 Å². The summed E-state index contributed by atoms with van der Waals surface area (Å²) in [5, 5.41) is 8.09. The number of rotatable bonds is 13. The monoisotopic (exact) mass is 349 g/mol. The highest BCUT2D eigenvalue weighted by molar-refractivity contribution is 7.90. The number of nitrogens with two attached hydrogens (primary N) is 1. The van der Waals surface area contributed by atoms with Crippen LogP contribution in [0.4, 0.5) is 0 Å². The predicted octanol–water partition coefficient (Wildman–Crippen LogP) is -1.25. The summed E-state index contributed by atoms with van der Waals surface area (Å²) in [6.07, 6.45) is 3.07. The molecule has 134 valence electrons. The van der Waals surface area contributed by atoms with Gasteiger partial charge in [-0.05, 0) is 7.05 Å². The van der Waals surface area contributed by atoms with Crippen molar-refractivity contribution in [2.24, 2.45) is 5.73 Å². The first-order valence-electron chi connectivity index (χ1n) is 7.51. The first kappa shape index (κ1) is 20.0. The van der Waals surface area contributed by atoms with Gasteiger partial charge in [-0.15, -0.1) is 5.10 Å². The summed E-state index contributed by atoms with van der Waals surface area (Å²) in [5.41, 5.74) is 6.10. The highest BCUT2D eigenvalue weighted by atomic mass is 32.2. The van der Waals surface area contributed by atoms with Crippen LogP contribution in [0.25, 0.3) is 0 Å². The third-order valence-electron chi connectivity index (χ3n) is 2.96. The minimum absolute atomic E-state index is 0.137. The summed E-state index contributed by atoms with van der Waals surface area (Å²) in [6, 6.07) is 0. The van der Waals surface area contributed by atoms with Gasteiger partial charge < -0.3 is 15.2 Å². The Bertz CT molecular complexity index is 534. The molecule has 0 spiro atoms. The van der Waals surface area contributed by atoms with Gasteiger partial charge in [0.2, 0.25) is 0 Å². The molecule has 2 N–H and O–H groups in total. The van der Waals surface area contributed by atoms with Gasteiger partial charge >= 0.3 is 0 Å². The summed E-state index contributed by atoms with van der Waals surface area (Å²) in [7, 11) is -1.09. The van der Waals surface area contributed by atoms with E-state index in [1.54, 1.807) is 4.68 Å². The van der Waals surface area contributed by atoms with Gasteiger partial charge in [0.15, 0.2) is 0 Å². The van der Waals surface area contributed by atoms with Gasteiger partial charge in [-0.3, -0.25) is 4.90 Å². The number of nitrogens with zero attached hydrogens (tertiary/aromatic N) is 4. The molecule has 1 heterocycles. The summed E-state index contributed by atoms with van der Waals surface area (Å²) in [6.45, 7) is 4.28. The maximum Gasteiger partial charge on any atom is 0.148 e. The second-order valence-corrected chi connectivity index (χ2v) is 7.61. The zero-order valence-electron chi connectivity index (χ0n) is 13.8. The van der Waals surface area contributed by atoms with E-state index in [2.05, 4.69) is 10.3 Å². The van der Waals surface area contributed by atoms with Crippen LogP contribution in [-0.4, -0.2) is 86.9 Å². The lowest BCUT2D eigenvalue weighted by atomic mass is 10.4. The van der Waals surface area contributed by atoms with Gasteiger partial charge in [-0.2, -0.15) is 0 Å². The molecule has 9 nitrogen and oxygen atoms in total. The minimum atomic E-state index is -2.95.